The van der Waals surface area contributed by atoms with Crippen LogP contribution in [0.5, 0.6) is 0 Å². The second kappa shape index (κ2) is 9.90. The van der Waals surface area contributed by atoms with Crippen molar-refractivity contribution in [2.75, 3.05) is 37.8 Å². The SMILES string of the molecule is CCc1ccccc1NC(=O)c1ccc(N2COCC(C(=O)OC)=C2C(=O)OC)cc1. The fourth-order valence-electron chi connectivity index (χ4n) is 3.29. The van der Waals surface area contributed by atoms with Crippen LogP contribution in [0, 0.1) is 0 Å². The van der Waals surface area contributed by atoms with Gasteiger partial charge in [0.15, 0.2) is 0 Å². The molecule has 0 fully saturated rings. The third kappa shape index (κ3) is 4.75. The predicted molar refractivity (Wildman–Crippen MR) is 115 cm³/mol. The Morgan fingerprint density at radius 3 is 2.32 bits per heavy atom. The van der Waals surface area contributed by atoms with Gasteiger partial charge in [-0.15, -0.1) is 0 Å². The number of aryl methyl sites for hydroxylation is 1. The number of rotatable bonds is 6. The first-order valence-electron chi connectivity index (χ1n) is 9.74. The lowest BCUT2D eigenvalue weighted by molar-refractivity contribution is -0.140. The summed E-state index contributed by atoms with van der Waals surface area (Å²) in [4.78, 5) is 38.7. The zero-order chi connectivity index (χ0) is 22.4. The average Bonchev–Trinajstić information content (AvgIpc) is 2.82. The molecule has 31 heavy (non-hydrogen) atoms. The molecular formula is C23H24N2O6. The predicted octanol–water partition coefficient (Wildman–Crippen LogP) is 2.90. The quantitative estimate of drug-likeness (QED) is 0.713. The topological polar surface area (TPSA) is 94.2 Å². The fourth-order valence-corrected chi connectivity index (χ4v) is 3.29. The summed E-state index contributed by atoms with van der Waals surface area (Å²) >= 11 is 0. The molecule has 8 nitrogen and oxygen atoms in total. The number of ether oxygens (including phenoxy) is 3. The lowest BCUT2D eigenvalue weighted by Gasteiger charge is -2.31. The summed E-state index contributed by atoms with van der Waals surface area (Å²) < 4.78 is 15.1. The molecule has 0 saturated carbocycles. The van der Waals surface area contributed by atoms with E-state index in [-0.39, 0.29) is 30.5 Å². The number of para-hydroxylation sites is 1. The van der Waals surface area contributed by atoms with Crippen molar-refractivity contribution in [2.24, 2.45) is 0 Å². The second-order valence-electron chi connectivity index (χ2n) is 6.73. The van der Waals surface area contributed by atoms with Crippen LogP contribution in [0.1, 0.15) is 22.8 Å². The van der Waals surface area contributed by atoms with Crippen LogP contribution in [0.25, 0.3) is 0 Å². The summed E-state index contributed by atoms with van der Waals surface area (Å²) in [6.45, 7) is 2.00. The summed E-state index contributed by atoms with van der Waals surface area (Å²) in [5.41, 5.74) is 2.94. The molecule has 0 aliphatic carbocycles. The van der Waals surface area contributed by atoms with E-state index in [1.165, 1.54) is 19.1 Å². The van der Waals surface area contributed by atoms with Gasteiger partial charge in [-0.2, -0.15) is 0 Å². The van der Waals surface area contributed by atoms with Crippen molar-refractivity contribution < 1.29 is 28.6 Å². The van der Waals surface area contributed by atoms with Gasteiger partial charge in [0, 0.05) is 16.9 Å². The van der Waals surface area contributed by atoms with Crippen molar-refractivity contribution in [1.82, 2.24) is 0 Å². The highest BCUT2D eigenvalue weighted by molar-refractivity contribution is 6.05. The van der Waals surface area contributed by atoms with Crippen LogP contribution in [0.3, 0.4) is 0 Å². The minimum atomic E-state index is -0.679. The van der Waals surface area contributed by atoms with Gasteiger partial charge in [-0.05, 0) is 42.3 Å². The highest BCUT2D eigenvalue weighted by Crippen LogP contribution is 2.27. The minimum absolute atomic E-state index is 0.0420. The molecule has 0 unspecified atom stereocenters. The van der Waals surface area contributed by atoms with Crippen molar-refractivity contribution in [2.45, 2.75) is 13.3 Å². The van der Waals surface area contributed by atoms with Crippen LogP contribution in [-0.2, 0) is 30.2 Å². The van der Waals surface area contributed by atoms with Crippen molar-refractivity contribution in [3.05, 3.63) is 70.9 Å². The number of methoxy groups -OCH3 is 2. The van der Waals surface area contributed by atoms with E-state index in [0.29, 0.717) is 11.3 Å². The van der Waals surface area contributed by atoms with Crippen LogP contribution in [0.15, 0.2) is 59.8 Å². The monoisotopic (exact) mass is 424 g/mol. The van der Waals surface area contributed by atoms with E-state index in [1.54, 1.807) is 24.3 Å². The van der Waals surface area contributed by atoms with E-state index >= 15 is 0 Å². The third-order valence-electron chi connectivity index (χ3n) is 4.92. The van der Waals surface area contributed by atoms with Crippen LogP contribution in [-0.4, -0.2) is 45.4 Å². The minimum Gasteiger partial charge on any atom is -0.466 e. The van der Waals surface area contributed by atoms with Gasteiger partial charge in [-0.1, -0.05) is 25.1 Å². The Morgan fingerprint density at radius 1 is 1.00 bits per heavy atom. The summed E-state index contributed by atoms with van der Waals surface area (Å²) in [7, 11) is 2.47. The molecule has 1 amide bonds. The number of benzene rings is 2. The Kier molecular flexibility index (Phi) is 7.04. The second-order valence-corrected chi connectivity index (χ2v) is 6.73. The van der Waals surface area contributed by atoms with Crippen LogP contribution in [0.4, 0.5) is 11.4 Å². The van der Waals surface area contributed by atoms with E-state index in [9.17, 15) is 14.4 Å². The maximum atomic E-state index is 12.7. The van der Waals surface area contributed by atoms with E-state index in [4.69, 9.17) is 14.2 Å². The Bertz CT molecular complexity index is 1010. The molecule has 0 saturated heterocycles. The van der Waals surface area contributed by atoms with E-state index < -0.39 is 11.9 Å². The number of hydrogen-bond acceptors (Lipinski definition) is 7. The summed E-state index contributed by atoms with van der Waals surface area (Å²) in [5, 5.41) is 2.92. The normalized spacial score (nSPS) is 13.6. The van der Waals surface area contributed by atoms with Crippen molar-refractivity contribution in [3.63, 3.8) is 0 Å². The molecule has 162 valence electrons. The van der Waals surface area contributed by atoms with Crippen LogP contribution < -0.4 is 10.2 Å². The zero-order valence-corrected chi connectivity index (χ0v) is 17.6. The number of esters is 2. The van der Waals surface area contributed by atoms with Crippen molar-refractivity contribution >= 4 is 29.2 Å². The molecule has 1 heterocycles. The van der Waals surface area contributed by atoms with Gasteiger partial charge in [0.05, 0.1) is 26.4 Å². The number of carbonyl (C=O) groups excluding carboxylic acids is 3. The summed E-state index contributed by atoms with van der Waals surface area (Å²) in [6.07, 6.45) is 0.801. The van der Waals surface area contributed by atoms with Crippen molar-refractivity contribution in [1.29, 1.82) is 0 Å². The Balaban J connectivity index is 1.86. The number of nitrogens with zero attached hydrogens (tertiary/aromatic N) is 1. The maximum Gasteiger partial charge on any atom is 0.355 e. The molecule has 1 N–H and O–H groups in total. The van der Waals surface area contributed by atoms with E-state index in [0.717, 1.165) is 17.7 Å². The van der Waals surface area contributed by atoms with Gasteiger partial charge >= 0.3 is 11.9 Å². The molecule has 2 aromatic rings. The molecule has 0 atom stereocenters. The number of anilines is 2. The lowest BCUT2D eigenvalue weighted by Crippen LogP contribution is -2.38. The molecule has 1 aliphatic rings. The summed E-state index contributed by atoms with van der Waals surface area (Å²) in [6, 6.07) is 14.3. The molecule has 0 spiro atoms. The molecular weight excluding hydrogens is 400 g/mol. The number of amides is 1. The number of carbonyl (C=O) groups is 3. The third-order valence-corrected chi connectivity index (χ3v) is 4.92. The van der Waals surface area contributed by atoms with Gasteiger partial charge in [0.1, 0.15) is 12.4 Å². The van der Waals surface area contributed by atoms with Crippen molar-refractivity contribution in [3.8, 4) is 0 Å². The molecule has 3 rings (SSSR count). The largest absolute Gasteiger partial charge is 0.466 e. The van der Waals surface area contributed by atoms with Gasteiger partial charge in [0.2, 0.25) is 0 Å². The number of nitrogens with one attached hydrogen (secondary N) is 1. The van der Waals surface area contributed by atoms with Gasteiger partial charge in [0.25, 0.3) is 5.91 Å². The van der Waals surface area contributed by atoms with Crippen LogP contribution >= 0.6 is 0 Å². The highest BCUT2D eigenvalue weighted by atomic mass is 16.5. The molecule has 0 radical (unpaired) electrons. The van der Waals surface area contributed by atoms with Gasteiger partial charge < -0.3 is 24.4 Å². The first-order valence-corrected chi connectivity index (χ1v) is 9.74. The van der Waals surface area contributed by atoms with E-state index in [2.05, 4.69) is 5.32 Å². The first kappa shape index (κ1) is 22.0. The Labute approximate surface area is 180 Å². The fraction of sp³-hybridized carbons (Fsp3) is 0.261. The zero-order valence-electron chi connectivity index (χ0n) is 17.6. The Morgan fingerprint density at radius 2 is 1.68 bits per heavy atom. The highest BCUT2D eigenvalue weighted by Gasteiger charge is 2.32. The number of hydrogen-bond donors (Lipinski definition) is 1. The molecule has 0 bridgehead atoms. The standard InChI is InChI=1S/C23H24N2O6/c1-4-15-7-5-6-8-19(15)24-21(26)16-9-11-17(12-10-16)25-14-31-13-18(22(27)29-2)20(25)23(28)30-3/h5-12H,4,13-14H2,1-3H3,(H,24,26). The van der Waals surface area contributed by atoms with Crippen LogP contribution in [0.2, 0.25) is 0 Å². The first-order chi connectivity index (χ1) is 15.0. The maximum absolute atomic E-state index is 12.7. The molecule has 0 aromatic heterocycles. The average molecular weight is 424 g/mol. The molecule has 2 aromatic carbocycles. The Hall–Kier alpha value is -3.65. The molecule has 8 heteroatoms. The smallest absolute Gasteiger partial charge is 0.355 e. The summed E-state index contributed by atoms with van der Waals surface area (Å²) in [5.74, 6) is -1.60. The molecule has 1 aliphatic heterocycles. The van der Waals surface area contributed by atoms with Gasteiger partial charge in [-0.3, -0.25) is 4.79 Å². The van der Waals surface area contributed by atoms with E-state index in [1.807, 2.05) is 31.2 Å². The van der Waals surface area contributed by atoms with Gasteiger partial charge in [-0.25, -0.2) is 9.59 Å². The lowest BCUT2D eigenvalue weighted by atomic mass is 10.1.